The van der Waals surface area contributed by atoms with E-state index in [0.717, 1.165) is 78.4 Å². The van der Waals surface area contributed by atoms with Crippen LogP contribution in [0.1, 0.15) is 24.8 Å². The van der Waals surface area contributed by atoms with Crippen LogP contribution in [0.3, 0.4) is 0 Å². The van der Waals surface area contributed by atoms with Crippen LogP contribution in [0.4, 0.5) is 5.95 Å². The minimum Gasteiger partial charge on any atom is -0.321 e. The van der Waals surface area contributed by atoms with Gasteiger partial charge in [-0.15, -0.1) is 0 Å². The van der Waals surface area contributed by atoms with Gasteiger partial charge in [0.05, 0.1) is 30.4 Å². The summed E-state index contributed by atoms with van der Waals surface area (Å²) in [5.41, 5.74) is 12.7. The van der Waals surface area contributed by atoms with Crippen LogP contribution in [-0.4, -0.2) is 36.1 Å². The number of fused-ring (bicyclic) bond motifs is 1. The molecule has 0 spiro atoms. The van der Waals surface area contributed by atoms with Gasteiger partial charge in [0.1, 0.15) is 0 Å². The lowest BCUT2D eigenvalue weighted by Crippen LogP contribution is -2.46. The van der Waals surface area contributed by atoms with E-state index in [1.807, 2.05) is 12.3 Å². The summed E-state index contributed by atoms with van der Waals surface area (Å²) in [7, 11) is 0. The molecule has 4 N–H and O–H groups in total. The molecule has 0 atom stereocenters. The Kier molecular flexibility index (Phi) is 5.04. The van der Waals surface area contributed by atoms with Gasteiger partial charge in [0.15, 0.2) is 0 Å². The maximum absolute atomic E-state index is 6.56. The van der Waals surface area contributed by atoms with Crippen molar-refractivity contribution < 1.29 is 4.98 Å². The summed E-state index contributed by atoms with van der Waals surface area (Å²) in [6, 6.07) is 21.3. The van der Waals surface area contributed by atoms with Crippen molar-refractivity contribution in [3.8, 4) is 22.4 Å². The van der Waals surface area contributed by atoms with Gasteiger partial charge >= 0.3 is 5.95 Å². The van der Waals surface area contributed by atoms with E-state index in [0.29, 0.717) is 0 Å². The Morgan fingerprint density at radius 3 is 2.36 bits per heavy atom. The molecule has 33 heavy (non-hydrogen) atoms. The number of hydrogen-bond acceptors (Lipinski definition) is 5. The van der Waals surface area contributed by atoms with E-state index < -0.39 is 0 Å². The standard InChI is InChI=1S/C27H28N6/c28-27(11-4-12-27)22-9-7-20(8-10-22)24-23(19-5-2-1-3-6-19)17-21-18-30-26(32-25(21)31-24)33-15-13-29-14-16-33/h1-3,5-10,17-18,29H,4,11-16,28H2/p+1. The van der Waals surface area contributed by atoms with Crippen LogP contribution < -0.4 is 20.9 Å². The summed E-state index contributed by atoms with van der Waals surface area (Å²) >= 11 is 0. The van der Waals surface area contributed by atoms with Crippen LogP contribution in [0.5, 0.6) is 0 Å². The molecule has 1 aliphatic carbocycles. The molecule has 4 aromatic rings. The molecule has 0 unspecified atom stereocenters. The lowest BCUT2D eigenvalue weighted by Gasteiger charge is -2.38. The molecule has 2 fully saturated rings. The molecule has 6 heteroatoms. The molecule has 1 saturated carbocycles. The highest BCUT2D eigenvalue weighted by Gasteiger charge is 2.34. The van der Waals surface area contributed by atoms with Gasteiger partial charge in [0.25, 0.3) is 0 Å². The SMILES string of the molecule is NC1(c2ccc(-c3nc4nc(N5CCNCC5)[nH+]cc4cc3-c3ccccc3)cc2)CCC1. The average molecular weight is 438 g/mol. The van der Waals surface area contributed by atoms with Crippen molar-refractivity contribution in [2.24, 2.45) is 5.73 Å². The Balaban J connectivity index is 1.47. The Labute approximate surface area is 193 Å². The van der Waals surface area contributed by atoms with Crippen LogP contribution in [0.2, 0.25) is 0 Å². The fraction of sp³-hybridized carbons (Fsp3) is 0.296. The normalized spacial score (nSPS) is 17.7. The largest absolute Gasteiger partial charge is 0.393 e. The fourth-order valence-corrected chi connectivity index (χ4v) is 4.89. The number of piperazine rings is 1. The van der Waals surface area contributed by atoms with Crippen molar-refractivity contribution in [1.29, 1.82) is 0 Å². The second kappa shape index (κ2) is 8.21. The van der Waals surface area contributed by atoms with Gasteiger partial charge in [0, 0.05) is 29.8 Å². The molecule has 2 aliphatic rings. The molecular weight excluding hydrogens is 408 g/mol. The second-order valence-electron chi connectivity index (χ2n) is 9.21. The first-order valence-corrected chi connectivity index (χ1v) is 11.8. The van der Waals surface area contributed by atoms with E-state index in [2.05, 4.69) is 69.8 Å². The number of pyridine rings is 1. The Bertz CT molecular complexity index is 1280. The number of aromatic nitrogens is 3. The molecule has 166 valence electrons. The number of H-pyrrole nitrogens is 1. The minimum atomic E-state index is -0.160. The molecule has 0 bridgehead atoms. The van der Waals surface area contributed by atoms with Crippen molar-refractivity contribution in [2.45, 2.75) is 24.8 Å². The minimum absolute atomic E-state index is 0.160. The number of aromatic amines is 1. The first kappa shape index (κ1) is 20.3. The van der Waals surface area contributed by atoms with Gasteiger partial charge in [-0.25, -0.2) is 9.97 Å². The molecule has 2 aromatic heterocycles. The lowest BCUT2D eigenvalue weighted by atomic mass is 9.72. The lowest BCUT2D eigenvalue weighted by molar-refractivity contribution is -0.366. The third-order valence-corrected chi connectivity index (χ3v) is 7.08. The molecule has 0 amide bonds. The van der Waals surface area contributed by atoms with Gasteiger partial charge < -0.3 is 11.1 Å². The van der Waals surface area contributed by atoms with Crippen molar-refractivity contribution in [3.63, 3.8) is 0 Å². The number of nitrogens with two attached hydrogens (primary N) is 1. The van der Waals surface area contributed by atoms with Crippen LogP contribution in [0, 0.1) is 0 Å². The molecule has 1 aliphatic heterocycles. The molecule has 6 nitrogen and oxygen atoms in total. The Morgan fingerprint density at radius 1 is 0.909 bits per heavy atom. The average Bonchev–Trinajstić information content (AvgIpc) is 2.87. The van der Waals surface area contributed by atoms with Crippen LogP contribution in [0.25, 0.3) is 33.4 Å². The molecule has 6 rings (SSSR count). The number of rotatable bonds is 4. The maximum Gasteiger partial charge on any atom is 0.393 e. The highest BCUT2D eigenvalue weighted by Crippen LogP contribution is 2.40. The molecule has 0 radical (unpaired) electrons. The predicted molar refractivity (Wildman–Crippen MR) is 132 cm³/mol. The highest BCUT2D eigenvalue weighted by molar-refractivity contribution is 5.89. The summed E-state index contributed by atoms with van der Waals surface area (Å²) in [6.45, 7) is 3.81. The van der Waals surface area contributed by atoms with Crippen LogP contribution >= 0.6 is 0 Å². The van der Waals surface area contributed by atoms with Gasteiger partial charge in [-0.2, -0.15) is 0 Å². The summed E-state index contributed by atoms with van der Waals surface area (Å²) in [6.07, 6.45) is 5.36. The van der Waals surface area contributed by atoms with Gasteiger partial charge in [0.2, 0.25) is 5.65 Å². The van der Waals surface area contributed by atoms with E-state index in [1.54, 1.807) is 0 Å². The van der Waals surface area contributed by atoms with Crippen LogP contribution in [0.15, 0.2) is 66.9 Å². The zero-order valence-electron chi connectivity index (χ0n) is 18.7. The van der Waals surface area contributed by atoms with Crippen molar-refractivity contribution in [1.82, 2.24) is 15.3 Å². The van der Waals surface area contributed by atoms with Gasteiger partial charge in [-0.3, -0.25) is 4.90 Å². The highest BCUT2D eigenvalue weighted by atomic mass is 15.3. The van der Waals surface area contributed by atoms with Gasteiger partial charge in [-0.1, -0.05) is 59.6 Å². The fourth-order valence-electron chi connectivity index (χ4n) is 4.89. The predicted octanol–water partition coefficient (Wildman–Crippen LogP) is 3.53. The number of anilines is 1. The first-order chi connectivity index (χ1) is 16.2. The van der Waals surface area contributed by atoms with Crippen molar-refractivity contribution in [2.75, 3.05) is 31.1 Å². The Morgan fingerprint density at radius 2 is 1.67 bits per heavy atom. The zero-order valence-corrected chi connectivity index (χ0v) is 18.7. The van der Waals surface area contributed by atoms with E-state index in [4.69, 9.17) is 15.7 Å². The molecular formula is C27H29N6+. The monoisotopic (exact) mass is 437 g/mol. The topological polar surface area (TPSA) is 81.2 Å². The number of hydrogen-bond donors (Lipinski definition) is 2. The van der Waals surface area contributed by atoms with Crippen LogP contribution in [-0.2, 0) is 5.54 Å². The zero-order chi connectivity index (χ0) is 22.3. The van der Waals surface area contributed by atoms with Gasteiger partial charge in [-0.05, 0) is 36.5 Å². The summed E-state index contributed by atoms with van der Waals surface area (Å²) in [5.74, 6) is 0.875. The maximum atomic E-state index is 6.56. The van der Waals surface area contributed by atoms with E-state index in [-0.39, 0.29) is 5.54 Å². The molecule has 3 heterocycles. The number of benzene rings is 2. The van der Waals surface area contributed by atoms with E-state index in [1.165, 1.54) is 12.0 Å². The van der Waals surface area contributed by atoms with Crippen molar-refractivity contribution in [3.05, 3.63) is 72.4 Å². The summed E-state index contributed by atoms with van der Waals surface area (Å²) in [5, 5.41) is 4.40. The Hall–Kier alpha value is -3.35. The third-order valence-electron chi connectivity index (χ3n) is 7.08. The molecule has 2 aromatic carbocycles. The second-order valence-corrected chi connectivity index (χ2v) is 9.21. The molecule has 1 saturated heterocycles. The third kappa shape index (κ3) is 3.75. The number of nitrogens with zero attached hydrogens (tertiary/aromatic N) is 3. The smallest absolute Gasteiger partial charge is 0.321 e. The summed E-state index contributed by atoms with van der Waals surface area (Å²) in [4.78, 5) is 15.7. The quantitative estimate of drug-likeness (QED) is 0.511. The van der Waals surface area contributed by atoms with E-state index >= 15 is 0 Å². The van der Waals surface area contributed by atoms with E-state index in [9.17, 15) is 0 Å². The number of nitrogens with one attached hydrogen (secondary N) is 2. The van der Waals surface area contributed by atoms with Crippen molar-refractivity contribution >= 4 is 17.0 Å². The summed E-state index contributed by atoms with van der Waals surface area (Å²) < 4.78 is 0. The first-order valence-electron chi connectivity index (χ1n) is 11.8.